The van der Waals surface area contributed by atoms with E-state index in [4.69, 9.17) is 0 Å². The van der Waals surface area contributed by atoms with Gasteiger partial charge in [0, 0.05) is 18.2 Å². The molecule has 14 heavy (non-hydrogen) atoms. The van der Waals surface area contributed by atoms with Gasteiger partial charge in [-0.15, -0.1) is 0 Å². The van der Waals surface area contributed by atoms with E-state index in [2.05, 4.69) is 20.3 Å². The molecule has 2 N–H and O–H groups in total. The maximum Gasteiger partial charge on any atom is 0.252 e. The van der Waals surface area contributed by atoms with Crippen LogP contribution in [0.25, 0.3) is 0 Å². The molecular formula is C9H11N3O2. The van der Waals surface area contributed by atoms with Crippen molar-refractivity contribution in [2.75, 3.05) is 18.4 Å². The summed E-state index contributed by atoms with van der Waals surface area (Å²) in [5.74, 6) is 0.356. The summed E-state index contributed by atoms with van der Waals surface area (Å²) in [6.07, 6.45) is 4.06. The van der Waals surface area contributed by atoms with E-state index < -0.39 is 0 Å². The third-order valence-corrected chi connectivity index (χ3v) is 2.03. The van der Waals surface area contributed by atoms with Gasteiger partial charge in [0.05, 0.1) is 0 Å². The molecule has 0 radical (unpaired) electrons. The Hall–Kier alpha value is -1.62. The molecule has 1 aliphatic heterocycles. The fourth-order valence-electron chi connectivity index (χ4n) is 1.30. The number of anilines is 1. The Morgan fingerprint density at radius 2 is 2.57 bits per heavy atom. The van der Waals surface area contributed by atoms with Crippen molar-refractivity contribution >= 4 is 11.7 Å². The molecule has 5 heteroatoms. The van der Waals surface area contributed by atoms with Crippen molar-refractivity contribution in [2.45, 2.75) is 6.42 Å². The lowest BCUT2D eigenvalue weighted by atomic mass is 10.1. The van der Waals surface area contributed by atoms with Crippen molar-refractivity contribution in [1.29, 1.82) is 0 Å². The Bertz CT molecular complexity index is 343. The monoisotopic (exact) mass is 193 g/mol. The highest BCUT2D eigenvalue weighted by Crippen LogP contribution is 2.08. The standard InChI is InChI=1S/C9H11N3O2/c13-9(7-1-4-10-5-2-7)11-8-3-6-14-12-8/h1,3,6,10H,2,4-5H2,(H,11,12,13). The van der Waals surface area contributed by atoms with E-state index in [1.54, 1.807) is 6.07 Å². The maximum atomic E-state index is 11.6. The minimum absolute atomic E-state index is 0.0969. The molecule has 0 unspecified atom stereocenters. The topological polar surface area (TPSA) is 67.2 Å². The molecule has 1 amide bonds. The number of carbonyl (C=O) groups excluding carboxylic acids is 1. The van der Waals surface area contributed by atoms with E-state index in [1.807, 2.05) is 6.08 Å². The molecule has 5 nitrogen and oxygen atoms in total. The zero-order valence-corrected chi connectivity index (χ0v) is 7.62. The van der Waals surface area contributed by atoms with Gasteiger partial charge in [0.1, 0.15) is 6.26 Å². The second kappa shape index (κ2) is 4.06. The summed E-state index contributed by atoms with van der Waals surface area (Å²) >= 11 is 0. The van der Waals surface area contributed by atoms with Crippen LogP contribution in [0, 0.1) is 0 Å². The highest BCUT2D eigenvalue weighted by atomic mass is 16.5. The van der Waals surface area contributed by atoms with E-state index >= 15 is 0 Å². The van der Waals surface area contributed by atoms with Crippen LogP contribution >= 0.6 is 0 Å². The highest BCUT2D eigenvalue weighted by molar-refractivity contribution is 6.03. The average Bonchev–Trinajstić information content (AvgIpc) is 2.72. The molecule has 0 aliphatic carbocycles. The van der Waals surface area contributed by atoms with Crippen LogP contribution in [0.4, 0.5) is 5.82 Å². The summed E-state index contributed by atoms with van der Waals surface area (Å²) in [6.45, 7) is 1.60. The molecule has 2 rings (SSSR count). The van der Waals surface area contributed by atoms with E-state index in [-0.39, 0.29) is 5.91 Å². The number of nitrogens with zero attached hydrogens (tertiary/aromatic N) is 1. The average molecular weight is 193 g/mol. The van der Waals surface area contributed by atoms with Crippen LogP contribution in [-0.4, -0.2) is 24.2 Å². The third-order valence-electron chi connectivity index (χ3n) is 2.03. The molecule has 1 aromatic heterocycles. The molecule has 0 saturated carbocycles. The maximum absolute atomic E-state index is 11.6. The summed E-state index contributed by atoms with van der Waals surface area (Å²) in [5.41, 5.74) is 0.798. The Balaban J connectivity index is 1.98. The zero-order valence-electron chi connectivity index (χ0n) is 7.62. The summed E-state index contributed by atoms with van der Waals surface area (Å²) in [6, 6.07) is 1.61. The molecule has 1 aliphatic rings. The van der Waals surface area contributed by atoms with Gasteiger partial charge in [0.2, 0.25) is 0 Å². The molecule has 0 bridgehead atoms. The lowest BCUT2D eigenvalue weighted by Gasteiger charge is -2.12. The molecule has 0 spiro atoms. The van der Waals surface area contributed by atoms with Gasteiger partial charge >= 0.3 is 0 Å². The fourth-order valence-corrected chi connectivity index (χ4v) is 1.30. The van der Waals surface area contributed by atoms with Gasteiger partial charge in [-0.1, -0.05) is 11.2 Å². The second-order valence-electron chi connectivity index (χ2n) is 3.02. The van der Waals surface area contributed by atoms with E-state index in [1.165, 1.54) is 6.26 Å². The number of hydrogen-bond acceptors (Lipinski definition) is 4. The Morgan fingerprint density at radius 3 is 3.21 bits per heavy atom. The van der Waals surface area contributed by atoms with Gasteiger partial charge < -0.3 is 15.2 Å². The first kappa shape index (κ1) is 8.96. The van der Waals surface area contributed by atoms with Gasteiger partial charge in [-0.25, -0.2) is 0 Å². The number of carbonyl (C=O) groups is 1. The minimum Gasteiger partial charge on any atom is -0.363 e. The van der Waals surface area contributed by atoms with Crippen LogP contribution in [0.15, 0.2) is 28.5 Å². The number of rotatable bonds is 2. The van der Waals surface area contributed by atoms with Gasteiger partial charge in [-0.3, -0.25) is 4.79 Å². The van der Waals surface area contributed by atoms with Crippen molar-refractivity contribution in [1.82, 2.24) is 10.5 Å². The normalized spacial score (nSPS) is 16.1. The van der Waals surface area contributed by atoms with Crippen molar-refractivity contribution in [3.8, 4) is 0 Å². The quantitative estimate of drug-likeness (QED) is 0.719. The van der Waals surface area contributed by atoms with Crippen LogP contribution < -0.4 is 10.6 Å². The molecule has 0 fully saturated rings. The molecule has 1 aromatic rings. The molecule has 74 valence electrons. The zero-order chi connectivity index (χ0) is 9.80. The lowest BCUT2D eigenvalue weighted by Crippen LogP contribution is -2.26. The Labute approximate surface area is 81.2 Å². The number of amides is 1. The lowest BCUT2D eigenvalue weighted by molar-refractivity contribution is -0.113. The molecule has 0 saturated heterocycles. The van der Waals surface area contributed by atoms with Crippen LogP contribution in [0.3, 0.4) is 0 Å². The Kier molecular flexibility index (Phi) is 2.60. The number of hydrogen-bond donors (Lipinski definition) is 2. The van der Waals surface area contributed by atoms with E-state index in [9.17, 15) is 4.79 Å². The number of aromatic nitrogens is 1. The van der Waals surface area contributed by atoms with Crippen molar-refractivity contribution in [3.63, 3.8) is 0 Å². The fraction of sp³-hybridized carbons (Fsp3) is 0.333. The third kappa shape index (κ3) is 2.00. The van der Waals surface area contributed by atoms with Gasteiger partial charge in [0.15, 0.2) is 5.82 Å². The molecule has 0 atom stereocenters. The summed E-state index contributed by atoms with van der Waals surface area (Å²) < 4.78 is 4.61. The number of nitrogens with one attached hydrogen (secondary N) is 2. The predicted molar refractivity (Wildman–Crippen MR) is 50.7 cm³/mol. The summed E-state index contributed by atoms with van der Waals surface area (Å²) in [7, 11) is 0. The first-order valence-electron chi connectivity index (χ1n) is 4.48. The summed E-state index contributed by atoms with van der Waals surface area (Å²) in [4.78, 5) is 11.6. The first-order valence-corrected chi connectivity index (χ1v) is 4.48. The van der Waals surface area contributed by atoms with Crippen molar-refractivity contribution < 1.29 is 9.32 Å². The van der Waals surface area contributed by atoms with Gasteiger partial charge in [0.25, 0.3) is 5.91 Å². The van der Waals surface area contributed by atoms with Crippen molar-refractivity contribution in [3.05, 3.63) is 24.0 Å². The van der Waals surface area contributed by atoms with Crippen LogP contribution in [0.2, 0.25) is 0 Å². The summed E-state index contributed by atoms with van der Waals surface area (Å²) in [5, 5.41) is 9.39. The van der Waals surface area contributed by atoms with E-state index in [0.29, 0.717) is 5.82 Å². The van der Waals surface area contributed by atoms with Crippen molar-refractivity contribution in [2.24, 2.45) is 0 Å². The smallest absolute Gasteiger partial charge is 0.252 e. The second-order valence-corrected chi connectivity index (χ2v) is 3.02. The van der Waals surface area contributed by atoms with Crippen LogP contribution in [0.5, 0.6) is 0 Å². The SMILES string of the molecule is O=C(Nc1ccon1)C1=CCNCC1. The van der Waals surface area contributed by atoms with Crippen LogP contribution in [-0.2, 0) is 4.79 Å². The predicted octanol–water partition coefficient (Wildman–Crippen LogP) is 0.533. The minimum atomic E-state index is -0.0969. The molecule has 0 aromatic carbocycles. The van der Waals surface area contributed by atoms with Gasteiger partial charge in [-0.2, -0.15) is 0 Å². The highest BCUT2D eigenvalue weighted by Gasteiger charge is 2.12. The molecular weight excluding hydrogens is 182 g/mol. The largest absolute Gasteiger partial charge is 0.363 e. The molecule has 2 heterocycles. The van der Waals surface area contributed by atoms with Gasteiger partial charge in [-0.05, 0) is 13.0 Å². The van der Waals surface area contributed by atoms with E-state index in [0.717, 1.165) is 25.1 Å². The van der Waals surface area contributed by atoms with Crippen LogP contribution in [0.1, 0.15) is 6.42 Å². The first-order chi connectivity index (χ1) is 6.86. The Morgan fingerprint density at radius 1 is 1.64 bits per heavy atom.